The molecule has 0 bridgehead atoms. The zero-order chi connectivity index (χ0) is 16.7. The van der Waals surface area contributed by atoms with Crippen LogP contribution in [0.3, 0.4) is 0 Å². The molecule has 0 saturated carbocycles. The quantitative estimate of drug-likeness (QED) is 0.697. The first-order valence-corrected chi connectivity index (χ1v) is 10.2. The molecule has 2 rings (SSSR count). The van der Waals surface area contributed by atoms with Crippen LogP contribution in [0, 0.1) is 0 Å². The third-order valence-corrected chi connectivity index (χ3v) is 5.62. The number of hydrogen-bond acceptors (Lipinski definition) is 6. The lowest BCUT2D eigenvalue weighted by Gasteiger charge is -2.17. The summed E-state index contributed by atoms with van der Waals surface area (Å²) in [4.78, 5) is 8.84. The van der Waals surface area contributed by atoms with Crippen molar-refractivity contribution in [1.82, 2.24) is 19.6 Å². The van der Waals surface area contributed by atoms with Crippen molar-refractivity contribution in [3.63, 3.8) is 0 Å². The summed E-state index contributed by atoms with van der Waals surface area (Å²) in [6.07, 6.45) is 3.78. The van der Waals surface area contributed by atoms with Crippen molar-refractivity contribution in [1.29, 1.82) is 0 Å². The Morgan fingerprint density at radius 2 is 2.17 bits per heavy atom. The smallest absolute Gasteiger partial charge is 0.211 e. The van der Waals surface area contributed by atoms with Crippen LogP contribution in [0.5, 0.6) is 0 Å². The number of aromatic nitrogens is 2. The van der Waals surface area contributed by atoms with E-state index in [-0.39, 0.29) is 0 Å². The monoisotopic (exact) mass is 354 g/mol. The topological polar surface area (TPSA) is 75.2 Å². The number of thiazole rings is 1. The Hall–Kier alpha value is -1.35. The standard InChI is InChI=1S/C15H22N4O2S2/c1-3-19(23(2,20)21)10-6-8-16-11-13-12-22-15(18-13)14-7-4-5-9-17-14/h4-5,7,9,12,16H,3,6,8,10-11H2,1-2H3. The van der Waals surface area contributed by atoms with Crippen molar-refractivity contribution in [3.05, 3.63) is 35.5 Å². The number of rotatable bonds is 9. The van der Waals surface area contributed by atoms with E-state index in [1.165, 1.54) is 10.6 Å². The minimum atomic E-state index is -3.09. The fourth-order valence-electron chi connectivity index (χ4n) is 2.15. The Bertz CT molecular complexity index is 701. The van der Waals surface area contributed by atoms with Crippen LogP contribution >= 0.6 is 11.3 Å². The van der Waals surface area contributed by atoms with Crippen molar-refractivity contribution < 1.29 is 8.42 Å². The van der Waals surface area contributed by atoms with Crippen molar-refractivity contribution in [2.24, 2.45) is 0 Å². The Morgan fingerprint density at radius 3 is 2.83 bits per heavy atom. The maximum atomic E-state index is 11.5. The van der Waals surface area contributed by atoms with Gasteiger partial charge in [-0.3, -0.25) is 4.98 Å². The molecule has 0 aliphatic rings. The van der Waals surface area contributed by atoms with Crippen LogP contribution in [0.25, 0.3) is 10.7 Å². The first-order valence-electron chi connectivity index (χ1n) is 7.52. The van der Waals surface area contributed by atoms with Gasteiger partial charge in [0.05, 0.1) is 17.6 Å². The molecule has 0 unspecified atom stereocenters. The average molecular weight is 355 g/mol. The number of sulfonamides is 1. The van der Waals surface area contributed by atoms with E-state index in [0.29, 0.717) is 19.6 Å². The third kappa shape index (κ3) is 5.65. The Balaban J connectivity index is 1.74. The van der Waals surface area contributed by atoms with Gasteiger partial charge in [0.1, 0.15) is 5.01 Å². The van der Waals surface area contributed by atoms with Gasteiger partial charge < -0.3 is 5.32 Å². The third-order valence-electron chi connectivity index (χ3n) is 3.32. The summed E-state index contributed by atoms with van der Waals surface area (Å²) in [6.45, 7) is 4.33. The lowest BCUT2D eigenvalue weighted by molar-refractivity contribution is 0.419. The van der Waals surface area contributed by atoms with Crippen LogP contribution in [0.1, 0.15) is 19.0 Å². The fourth-order valence-corrected chi connectivity index (χ4v) is 3.88. The molecular formula is C15H22N4O2S2. The molecular weight excluding hydrogens is 332 g/mol. The molecule has 2 heterocycles. The van der Waals surface area contributed by atoms with E-state index < -0.39 is 10.0 Å². The first-order chi connectivity index (χ1) is 11.0. The van der Waals surface area contributed by atoms with Crippen LogP contribution in [-0.2, 0) is 16.6 Å². The highest BCUT2D eigenvalue weighted by Gasteiger charge is 2.13. The lowest BCUT2D eigenvalue weighted by atomic mass is 10.3. The molecule has 0 spiro atoms. The Labute approximate surface area is 141 Å². The second-order valence-electron chi connectivity index (χ2n) is 5.14. The SMILES string of the molecule is CCN(CCCNCc1csc(-c2ccccn2)n1)S(C)(=O)=O. The molecule has 0 fully saturated rings. The van der Waals surface area contributed by atoms with Gasteiger partial charge in [0.2, 0.25) is 10.0 Å². The average Bonchev–Trinajstić information content (AvgIpc) is 2.99. The predicted molar refractivity (Wildman–Crippen MR) is 93.8 cm³/mol. The summed E-state index contributed by atoms with van der Waals surface area (Å²) in [5, 5.41) is 6.23. The Kier molecular flexibility index (Phi) is 6.64. The van der Waals surface area contributed by atoms with Crippen LogP contribution in [0.4, 0.5) is 0 Å². The van der Waals surface area contributed by atoms with Gasteiger partial charge in [-0.1, -0.05) is 13.0 Å². The van der Waals surface area contributed by atoms with Crippen molar-refractivity contribution in [2.75, 3.05) is 25.9 Å². The highest BCUT2D eigenvalue weighted by molar-refractivity contribution is 7.88. The fraction of sp³-hybridized carbons (Fsp3) is 0.467. The molecule has 0 atom stereocenters. The Morgan fingerprint density at radius 1 is 1.35 bits per heavy atom. The number of hydrogen-bond donors (Lipinski definition) is 1. The number of nitrogens with zero attached hydrogens (tertiary/aromatic N) is 3. The molecule has 126 valence electrons. The molecule has 0 aliphatic heterocycles. The minimum absolute atomic E-state index is 0.512. The van der Waals surface area contributed by atoms with E-state index in [4.69, 9.17) is 0 Å². The second-order valence-corrected chi connectivity index (χ2v) is 7.98. The van der Waals surface area contributed by atoms with E-state index in [1.54, 1.807) is 17.5 Å². The van der Waals surface area contributed by atoms with Crippen LogP contribution < -0.4 is 5.32 Å². The molecule has 2 aromatic heterocycles. The van der Waals surface area contributed by atoms with Gasteiger partial charge in [-0.15, -0.1) is 11.3 Å². The van der Waals surface area contributed by atoms with Gasteiger partial charge in [-0.25, -0.2) is 17.7 Å². The van der Waals surface area contributed by atoms with Crippen molar-refractivity contribution in [2.45, 2.75) is 19.9 Å². The maximum Gasteiger partial charge on any atom is 0.211 e. The second kappa shape index (κ2) is 8.49. The largest absolute Gasteiger partial charge is 0.311 e. The zero-order valence-corrected chi connectivity index (χ0v) is 15.0. The zero-order valence-electron chi connectivity index (χ0n) is 13.4. The summed E-state index contributed by atoms with van der Waals surface area (Å²) >= 11 is 1.58. The van der Waals surface area contributed by atoms with Crippen LogP contribution in [-0.4, -0.2) is 48.6 Å². The highest BCUT2D eigenvalue weighted by atomic mass is 32.2. The van der Waals surface area contributed by atoms with Crippen LogP contribution in [0.15, 0.2) is 29.8 Å². The summed E-state index contributed by atoms with van der Waals surface area (Å²) < 4.78 is 24.4. The maximum absolute atomic E-state index is 11.5. The lowest BCUT2D eigenvalue weighted by Crippen LogP contribution is -2.32. The summed E-state index contributed by atoms with van der Waals surface area (Å²) in [7, 11) is -3.09. The van der Waals surface area contributed by atoms with Gasteiger partial charge in [0.15, 0.2) is 0 Å². The molecule has 1 N–H and O–H groups in total. The number of nitrogens with one attached hydrogen (secondary N) is 1. The highest BCUT2D eigenvalue weighted by Crippen LogP contribution is 2.21. The normalized spacial score (nSPS) is 12.0. The van der Waals surface area contributed by atoms with E-state index in [9.17, 15) is 8.42 Å². The molecule has 0 saturated heterocycles. The van der Waals surface area contributed by atoms with Gasteiger partial charge >= 0.3 is 0 Å². The molecule has 0 aromatic carbocycles. The molecule has 23 heavy (non-hydrogen) atoms. The van der Waals surface area contributed by atoms with Gasteiger partial charge in [0, 0.05) is 31.2 Å². The number of pyridine rings is 1. The molecule has 2 aromatic rings. The van der Waals surface area contributed by atoms with E-state index in [0.717, 1.165) is 29.4 Å². The summed E-state index contributed by atoms with van der Waals surface area (Å²) in [6, 6.07) is 5.78. The summed E-state index contributed by atoms with van der Waals surface area (Å²) in [5.74, 6) is 0. The minimum Gasteiger partial charge on any atom is -0.311 e. The molecule has 0 radical (unpaired) electrons. The van der Waals surface area contributed by atoms with E-state index in [1.807, 2.05) is 30.5 Å². The van der Waals surface area contributed by atoms with Crippen LogP contribution in [0.2, 0.25) is 0 Å². The van der Waals surface area contributed by atoms with Gasteiger partial charge in [0.25, 0.3) is 0 Å². The van der Waals surface area contributed by atoms with Crippen molar-refractivity contribution >= 4 is 21.4 Å². The molecule has 6 nitrogen and oxygen atoms in total. The van der Waals surface area contributed by atoms with Gasteiger partial charge in [-0.2, -0.15) is 0 Å². The molecule has 0 aliphatic carbocycles. The first kappa shape index (κ1) is 18.0. The molecule has 8 heteroatoms. The summed E-state index contributed by atoms with van der Waals surface area (Å²) in [5.41, 5.74) is 1.86. The van der Waals surface area contributed by atoms with Crippen molar-refractivity contribution in [3.8, 4) is 10.7 Å². The van der Waals surface area contributed by atoms with Gasteiger partial charge in [-0.05, 0) is 25.1 Å². The van der Waals surface area contributed by atoms with E-state index in [2.05, 4.69) is 15.3 Å². The predicted octanol–water partition coefficient (Wildman–Crippen LogP) is 1.97. The van der Waals surface area contributed by atoms with E-state index >= 15 is 0 Å². The molecule has 0 amide bonds.